The molecule has 0 atom stereocenters. The largest absolute Gasteiger partial charge is 0.360 e. The number of hydrazone groups is 1. The Morgan fingerprint density at radius 2 is 2.20 bits per heavy atom. The van der Waals surface area contributed by atoms with Gasteiger partial charge in [0.15, 0.2) is 0 Å². The fraction of sp³-hybridized carbons (Fsp3) is 0.0909. The van der Waals surface area contributed by atoms with E-state index in [-0.39, 0.29) is 5.91 Å². The number of rotatable bonds is 0. The SMILES string of the molecule is Cc1cc2c3c(c[nH]c3c1)C=NNC2=O. The van der Waals surface area contributed by atoms with Crippen LogP contribution in [-0.4, -0.2) is 17.1 Å². The summed E-state index contributed by atoms with van der Waals surface area (Å²) in [6, 6.07) is 3.90. The molecule has 0 saturated heterocycles. The molecule has 4 heteroatoms. The van der Waals surface area contributed by atoms with Crippen molar-refractivity contribution in [2.75, 3.05) is 0 Å². The lowest BCUT2D eigenvalue weighted by Gasteiger charge is -2.02. The van der Waals surface area contributed by atoms with Crippen LogP contribution in [0.3, 0.4) is 0 Å². The molecule has 1 aliphatic heterocycles. The number of aryl methyl sites for hydroxylation is 1. The molecule has 1 amide bonds. The number of nitrogens with zero attached hydrogens (tertiary/aromatic N) is 1. The van der Waals surface area contributed by atoms with Gasteiger partial charge in [-0.1, -0.05) is 0 Å². The Hall–Kier alpha value is -2.10. The average molecular weight is 199 g/mol. The molecule has 15 heavy (non-hydrogen) atoms. The predicted molar refractivity (Wildman–Crippen MR) is 58.1 cm³/mol. The summed E-state index contributed by atoms with van der Waals surface area (Å²) in [6.07, 6.45) is 3.51. The number of H-pyrrole nitrogens is 1. The Kier molecular flexibility index (Phi) is 1.48. The predicted octanol–water partition coefficient (Wildman–Crippen LogP) is 1.55. The maximum absolute atomic E-state index is 11.7. The maximum atomic E-state index is 11.7. The fourth-order valence-corrected chi connectivity index (χ4v) is 1.94. The zero-order valence-electron chi connectivity index (χ0n) is 8.16. The van der Waals surface area contributed by atoms with E-state index in [1.807, 2.05) is 25.3 Å². The van der Waals surface area contributed by atoms with E-state index in [0.717, 1.165) is 22.0 Å². The molecule has 2 N–H and O–H groups in total. The first-order valence-electron chi connectivity index (χ1n) is 4.71. The molecule has 3 rings (SSSR count). The van der Waals surface area contributed by atoms with Crippen molar-refractivity contribution in [1.29, 1.82) is 0 Å². The Labute approximate surface area is 86.0 Å². The second-order valence-electron chi connectivity index (χ2n) is 3.68. The van der Waals surface area contributed by atoms with E-state index in [0.29, 0.717) is 5.56 Å². The summed E-state index contributed by atoms with van der Waals surface area (Å²) in [5.41, 5.74) is 6.14. The third kappa shape index (κ3) is 1.08. The molecule has 0 bridgehead atoms. The molecule has 74 valence electrons. The highest BCUT2D eigenvalue weighted by atomic mass is 16.2. The molecule has 2 aromatic rings. The second kappa shape index (κ2) is 2.70. The highest BCUT2D eigenvalue weighted by molar-refractivity contribution is 6.14. The van der Waals surface area contributed by atoms with Gasteiger partial charge >= 0.3 is 0 Å². The summed E-state index contributed by atoms with van der Waals surface area (Å²) in [5.74, 6) is -0.154. The van der Waals surface area contributed by atoms with Crippen LogP contribution in [0.4, 0.5) is 0 Å². The number of amides is 1. The van der Waals surface area contributed by atoms with Gasteiger partial charge in [-0.3, -0.25) is 4.79 Å². The van der Waals surface area contributed by atoms with Crippen LogP contribution in [0.1, 0.15) is 21.5 Å². The lowest BCUT2D eigenvalue weighted by molar-refractivity contribution is 0.0957. The van der Waals surface area contributed by atoms with Crippen molar-refractivity contribution in [3.8, 4) is 0 Å². The number of carbonyl (C=O) groups is 1. The molecule has 0 radical (unpaired) electrons. The van der Waals surface area contributed by atoms with Gasteiger partial charge in [0.25, 0.3) is 5.91 Å². The van der Waals surface area contributed by atoms with E-state index in [1.54, 1.807) is 6.21 Å². The summed E-state index contributed by atoms with van der Waals surface area (Å²) in [4.78, 5) is 14.8. The van der Waals surface area contributed by atoms with Gasteiger partial charge in [-0.15, -0.1) is 0 Å². The Bertz CT molecular complexity index is 595. The minimum atomic E-state index is -0.154. The quantitative estimate of drug-likeness (QED) is 0.664. The lowest BCUT2D eigenvalue weighted by atomic mass is 10.0. The maximum Gasteiger partial charge on any atom is 0.272 e. The topological polar surface area (TPSA) is 57.2 Å². The van der Waals surface area contributed by atoms with Gasteiger partial charge in [-0.2, -0.15) is 5.10 Å². The van der Waals surface area contributed by atoms with Crippen LogP contribution in [0.2, 0.25) is 0 Å². The van der Waals surface area contributed by atoms with Crippen molar-refractivity contribution in [1.82, 2.24) is 10.4 Å². The van der Waals surface area contributed by atoms with Crippen LogP contribution in [0.5, 0.6) is 0 Å². The summed E-state index contributed by atoms with van der Waals surface area (Å²) >= 11 is 0. The smallest absolute Gasteiger partial charge is 0.272 e. The number of benzene rings is 1. The van der Waals surface area contributed by atoms with E-state index >= 15 is 0 Å². The molecule has 1 aromatic carbocycles. The van der Waals surface area contributed by atoms with Crippen LogP contribution in [0, 0.1) is 6.92 Å². The standard InChI is InChI=1S/C11H9N3O/c1-6-2-8-10-7(4-12-9(10)3-6)5-13-14-11(8)15/h2-5,12H,1H3,(H,14,15). The van der Waals surface area contributed by atoms with E-state index in [4.69, 9.17) is 0 Å². The third-order valence-corrected chi connectivity index (χ3v) is 2.57. The van der Waals surface area contributed by atoms with Crippen LogP contribution in [-0.2, 0) is 0 Å². The van der Waals surface area contributed by atoms with Gasteiger partial charge in [0.2, 0.25) is 0 Å². The van der Waals surface area contributed by atoms with Gasteiger partial charge in [0.1, 0.15) is 0 Å². The molecule has 0 fully saturated rings. The summed E-state index contributed by atoms with van der Waals surface area (Å²) < 4.78 is 0. The normalized spacial score (nSPS) is 14.1. The van der Waals surface area contributed by atoms with Gasteiger partial charge in [0.05, 0.1) is 11.8 Å². The first-order valence-corrected chi connectivity index (χ1v) is 4.71. The summed E-state index contributed by atoms with van der Waals surface area (Å²) in [6.45, 7) is 1.97. The van der Waals surface area contributed by atoms with E-state index < -0.39 is 0 Å². The molecule has 4 nitrogen and oxygen atoms in total. The number of aromatic amines is 1. The number of aromatic nitrogens is 1. The molecule has 0 saturated carbocycles. The van der Waals surface area contributed by atoms with Crippen molar-refractivity contribution < 1.29 is 4.79 Å². The summed E-state index contributed by atoms with van der Waals surface area (Å²) in [5, 5.41) is 4.79. The minimum absolute atomic E-state index is 0.154. The monoisotopic (exact) mass is 199 g/mol. The molecular weight excluding hydrogens is 190 g/mol. The van der Waals surface area contributed by atoms with Crippen molar-refractivity contribution >= 4 is 23.0 Å². The molecule has 0 spiro atoms. The van der Waals surface area contributed by atoms with E-state index in [1.165, 1.54) is 0 Å². The van der Waals surface area contributed by atoms with E-state index in [2.05, 4.69) is 15.5 Å². The highest BCUT2D eigenvalue weighted by Gasteiger charge is 2.16. The second-order valence-corrected chi connectivity index (χ2v) is 3.68. The zero-order chi connectivity index (χ0) is 10.4. The Morgan fingerprint density at radius 1 is 1.33 bits per heavy atom. The van der Waals surface area contributed by atoms with Crippen molar-refractivity contribution in [2.24, 2.45) is 5.10 Å². The van der Waals surface area contributed by atoms with Gasteiger partial charge in [-0.25, -0.2) is 5.43 Å². The highest BCUT2D eigenvalue weighted by Crippen LogP contribution is 2.24. The summed E-state index contributed by atoms with van der Waals surface area (Å²) in [7, 11) is 0. The average Bonchev–Trinajstić information content (AvgIpc) is 2.52. The molecule has 2 heterocycles. The number of hydrogen-bond donors (Lipinski definition) is 2. The first kappa shape index (κ1) is 8.23. The van der Waals surface area contributed by atoms with Crippen LogP contribution in [0.25, 0.3) is 10.9 Å². The number of carbonyl (C=O) groups excluding carboxylic acids is 1. The Morgan fingerprint density at radius 3 is 3.07 bits per heavy atom. The first-order chi connectivity index (χ1) is 7.25. The molecular formula is C11H9N3O. The van der Waals surface area contributed by atoms with Crippen molar-refractivity contribution in [3.05, 3.63) is 35.0 Å². The van der Waals surface area contributed by atoms with Gasteiger partial charge in [0, 0.05) is 22.7 Å². The molecule has 0 aliphatic carbocycles. The molecule has 1 aliphatic rings. The molecule has 0 unspecified atom stereocenters. The van der Waals surface area contributed by atoms with Crippen LogP contribution >= 0.6 is 0 Å². The number of hydrogen-bond acceptors (Lipinski definition) is 2. The number of nitrogens with one attached hydrogen (secondary N) is 2. The van der Waals surface area contributed by atoms with Crippen LogP contribution in [0.15, 0.2) is 23.4 Å². The molecule has 1 aromatic heterocycles. The fourth-order valence-electron chi connectivity index (χ4n) is 1.94. The van der Waals surface area contributed by atoms with Gasteiger partial charge < -0.3 is 4.98 Å². The van der Waals surface area contributed by atoms with Crippen LogP contribution < -0.4 is 5.43 Å². The van der Waals surface area contributed by atoms with Crippen molar-refractivity contribution in [3.63, 3.8) is 0 Å². The minimum Gasteiger partial charge on any atom is -0.360 e. The third-order valence-electron chi connectivity index (χ3n) is 2.57. The van der Waals surface area contributed by atoms with Gasteiger partial charge in [-0.05, 0) is 24.6 Å². The van der Waals surface area contributed by atoms with Crippen molar-refractivity contribution in [2.45, 2.75) is 6.92 Å². The lowest BCUT2D eigenvalue weighted by Crippen LogP contribution is -2.16. The zero-order valence-corrected chi connectivity index (χ0v) is 8.16. The van der Waals surface area contributed by atoms with E-state index in [9.17, 15) is 4.79 Å². The Balaban J connectivity index is 2.51.